The molecule has 1 aliphatic heterocycles. The van der Waals surface area contributed by atoms with Gasteiger partial charge in [-0.1, -0.05) is 11.6 Å². The van der Waals surface area contributed by atoms with Gasteiger partial charge in [0.05, 0.1) is 6.54 Å². The Labute approximate surface area is 107 Å². The number of likely N-dealkylation sites (N-methyl/N-ethyl adjacent to an activating group) is 1. The molecule has 0 N–H and O–H groups in total. The molecular weight excluding hydrogens is 260 g/mol. The number of rotatable bonds is 2. The van der Waals surface area contributed by atoms with Crippen molar-refractivity contribution in [1.29, 1.82) is 0 Å². The first-order chi connectivity index (χ1) is 8.40. The molecule has 1 aromatic heterocycles. The number of halogens is 1. The van der Waals surface area contributed by atoms with Crippen molar-refractivity contribution in [2.75, 3.05) is 7.05 Å². The number of aromatic nitrogens is 2. The topological polar surface area (TPSA) is 83.5 Å². The van der Waals surface area contributed by atoms with Crippen LogP contribution in [0.3, 0.4) is 0 Å². The lowest BCUT2D eigenvalue weighted by Gasteiger charge is -2.11. The molecule has 1 saturated heterocycles. The molecule has 1 aliphatic rings. The predicted molar refractivity (Wildman–Crippen MR) is 60.5 cm³/mol. The average molecular weight is 269 g/mol. The summed E-state index contributed by atoms with van der Waals surface area (Å²) in [5.41, 5.74) is 0.615. The summed E-state index contributed by atoms with van der Waals surface area (Å²) in [6, 6.07) is 0.863. The number of aryl methyl sites for hydroxylation is 1. The average Bonchev–Trinajstić information content (AvgIpc) is 2.46. The zero-order valence-electron chi connectivity index (χ0n) is 9.68. The summed E-state index contributed by atoms with van der Waals surface area (Å²) in [6.07, 6.45) is 0. The molecule has 2 rings (SSSR count). The lowest BCUT2D eigenvalue weighted by Crippen LogP contribution is -2.31. The highest BCUT2D eigenvalue weighted by molar-refractivity contribution is 6.44. The fraction of sp³-hybridized carbons (Fsp3) is 0.300. The highest BCUT2D eigenvalue weighted by Crippen LogP contribution is 2.14. The fourth-order valence-electron chi connectivity index (χ4n) is 1.55. The van der Waals surface area contributed by atoms with Crippen LogP contribution in [0.5, 0.6) is 0 Å². The van der Waals surface area contributed by atoms with Crippen LogP contribution >= 0.6 is 11.6 Å². The van der Waals surface area contributed by atoms with Gasteiger partial charge in [-0.15, -0.1) is 0 Å². The Hall–Kier alpha value is -2.02. The van der Waals surface area contributed by atoms with Crippen LogP contribution in [0.2, 0.25) is 5.15 Å². The van der Waals surface area contributed by atoms with Crippen molar-refractivity contribution in [2.24, 2.45) is 0 Å². The van der Waals surface area contributed by atoms with Gasteiger partial charge in [0.25, 0.3) is 0 Å². The van der Waals surface area contributed by atoms with Crippen molar-refractivity contribution < 1.29 is 14.4 Å². The van der Waals surface area contributed by atoms with Crippen LogP contribution in [0.1, 0.15) is 11.5 Å². The van der Waals surface area contributed by atoms with E-state index in [4.69, 9.17) is 11.6 Å². The van der Waals surface area contributed by atoms with Gasteiger partial charge in [0.1, 0.15) is 11.0 Å². The Morgan fingerprint density at radius 2 is 1.89 bits per heavy atom. The molecule has 0 aromatic carbocycles. The molecule has 0 bridgehead atoms. The zero-order valence-corrected chi connectivity index (χ0v) is 10.4. The summed E-state index contributed by atoms with van der Waals surface area (Å²) in [6.45, 7) is 1.54. The molecule has 7 nitrogen and oxygen atoms in total. The Morgan fingerprint density at radius 3 is 2.39 bits per heavy atom. The maximum absolute atomic E-state index is 11.6. The number of nitrogens with zero attached hydrogens (tertiary/aromatic N) is 4. The van der Waals surface area contributed by atoms with E-state index in [0.717, 1.165) is 9.80 Å². The summed E-state index contributed by atoms with van der Waals surface area (Å²) < 4.78 is 0. The second-order valence-electron chi connectivity index (χ2n) is 3.79. The van der Waals surface area contributed by atoms with Crippen LogP contribution in [0.15, 0.2) is 6.07 Å². The van der Waals surface area contributed by atoms with E-state index in [0.29, 0.717) is 5.69 Å². The van der Waals surface area contributed by atoms with Crippen LogP contribution in [-0.2, 0) is 16.1 Å². The van der Waals surface area contributed by atoms with E-state index < -0.39 is 17.8 Å². The van der Waals surface area contributed by atoms with Crippen molar-refractivity contribution in [2.45, 2.75) is 13.5 Å². The lowest BCUT2D eigenvalue weighted by molar-refractivity contribution is -0.143. The molecule has 0 radical (unpaired) electrons. The fourth-order valence-corrected chi connectivity index (χ4v) is 1.81. The van der Waals surface area contributed by atoms with Crippen molar-refractivity contribution in [3.05, 3.63) is 22.7 Å². The highest BCUT2D eigenvalue weighted by atomic mass is 35.5. The van der Waals surface area contributed by atoms with E-state index >= 15 is 0 Å². The summed E-state index contributed by atoms with van der Waals surface area (Å²) in [5.74, 6) is -1.53. The molecule has 94 valence electrons. The Kier molecular flexibility index (Phi) is 3.00. The summed E-state index contributed by atoms with van der Waals surface area (Å²) >= 11 is 5.75. The number of hydrogen-bond donors (Lipinski definition) is 0. The molecule has 0 aliphatic carbocycles. The van der Waals surface area contributed by atoms with Gasteiger partial charge in [0, 0.05) is 12.7 Å². The molecular formula is C10H9ClN4O3. The van der Waals surface area contributed by atoms with E-state index in [9.17, 15) is 14.4 Å². The molecule has 18 heavy (non-hydrogen) atoms. The van der Waals surface area contributed by atoms with Crippen LogP contribution < -0.4 is 0 Å². The van der Waals surface area contributed by atoms with E-state index in [-0.39, 0.29) is 17.5 Å². The highest BCUT2D eigenvalue weighted by Gasteiger charge is 2.42. The van der Waals surface area contributed by atoms with Crippen LogP contribution in [0.25, 0.3) is 0 Å². The van der Waals surface area contributed by atoms with Gasteiger partial charge in [0.2, 0.25) is 0 Å². The minimum atomic E-state index is -0.885. The van der Waals surface area contributed by atoms with Crippen LogP contribution in [-0.4, -0.2) is 44.7 Å². The number of carbonyl (C=O) groups excluding carboxylic acids is 3. The molecule has 0 saturated carbocycles. The van der Waals surface area contributed by atoms with E-state index in [2.05, 4.69) is 9.97 Å². The first-order valence-corrected chi connectivity index (χ1v) is 5.41. The molecule has 8 heteroatoms. The van der Waals surface area contributed by atoms with Gasteiger partial charge in [-0.05, 0) is 13.0 Å². The number of amides is 4. The lowest BCUT2D eigenvalue weighted by atomic mass is 10.4. The SMILES string of the molecule is Cc1cc(Cl)nc(CN2C(=O)C(=O)N(C)C2=O)n1. The van der Waals surface area contributed by atoms with Gasteiger partial charge in [0.15, 0.2) is 0 Å². The molecule has 0 spiro atoms. The van der Waals surface area contributed by atoms with Crippen molar-refractivity contribution >= 4 is 29.4 Å². The number of hydrogen-bond acceptors (Lipinski definition) is 5. The number of urea groups is 1. The van der Waals surface area contributed by atoms with E-state index in [1.165, 1.54) is 7.05 Å². The summed E-state index contributed by atoms with van der Waals surface area (Å²) in [7, 11) is 1.24. The van der Waals surface area contributed by atoms with E-state index in [1.807, 2.05) is 0 Å². The maximum atomic E-state index is 11.6. The van der Waals surface area contributed by atoms with Crippen LogP contribution in [0.4, 0.5) is 4.79 Å². The van der Waals surface area contributed by atoms with Gasteiger partial charge in [-0.25, -0.2) is 19.7 Å². The van der Waals surface area contributed by atoms with Crippen LogP contribution in [0, 0.1) is 6.92 Å². The second kappa shape index (κ2) is 4.34. The minimum Gasteiger partial charge on any atom is -0.263 e. The second-order valence-corrected chi connectivity index (χ2v) is 4.17. The van der Waals surface area contributed by atoms with Gasteiger partial charge in [-0.3, -0.25) is 14.5 Å². The third-order valence-corrected chi connectivity index (χ3v) is 2.61. The zero-order chi connectivity index (χ0) is 13.4. The number of carbonyl (C=O) groups is 3. The molecule has 1 aromatic rings. The normalized spacial score (nSPS) is 15.8. The van der Waals surface area contributed by atoms with Crippen molar-refractivity contribution in [1.82, 2.24) is 19.8 Å². The van der Waals surface area contributed by atoms with Crippen molar-refractivity contribution in [3.8, 4) is 0 Å². The van der Waals surface area contributed by atoms with Gasteiger partial charge >= 0.3 is 17.8 Å². The van der Waals surface area contributed by atoms with Gasteiger partial charge in [-0.2, -0.15) is 0 Å². The third-order valence-electron chi connectivity index (χ3n) is 2.42. The largest absolute Gasteiger partial charge is 0.334 e. The quantitative estimate of drug-likeness (QED) is 0.439. The number of imide groups is 2. The first-order valence-electron chi connectivity index (χ1n) is 5.03. The monoisotopic (exact) mass is 268 g/mol. The molecule has 4 amide bonds. The predicted octanol–water partition coefficient (Wildman–Crippen LogP) is 0.359. The van der Waals surface area contributed by atoms with E-state index in [1.54, 1.807) is 13.0 Å². The summed E-state index contributed by atoms with van der Waals surface area (Å²) in [4.78, 5) is 43.9. The first kappa shape index (κ1) is 12.4. The Bertz CT molecular complexity index is 540. The standard InChI is InChI=1S/C10H9ClN4O3/c1-5-3-6(11)13-7(12-5)4-15-9(17)8(16)14(2)10(15)18/h3H,4H2,1-2H3. The third kappa shape index (κ3) is 2.04. The summed E-state index contributed by atoms with van der Waals surface area (Å²) in [5, 5.41) is 0.219. The Morgan fingerprint density at radius 1 is 1.22 bits per heavy atom. The minimum absolute atomic E-state index is 0.171. The van der Waals surface area contributed by atoms with Gasteiger partial charge < -0.3 is 0 Å². The Balaban J connectivity index is 2.27. The molecule has 2 heterocycles. The molecule has 0 atom stereocenters. The molecule has 0 unspecified atom stereocenters. The maximum Gasteiger partial charge on any atom is 0.334 e. The smallest absolute Gasteiger partial charge is 0.263 e. The van der Waals surface area contributed by atoms with Crippen molar-refractivity contribution in [3.63, 3.8) is 0 Å². The molecule has 1 fully saturated rings.